The van der Waals surface area contributed by atoms with Gasteiger partial charge in [0.1, 0.15) is 5.75 Å². The molecule has 14 atom stereocenters. The predicted octanol–water partition coefficient (Wildman–Crippen LogP) is 4.26. The van der Waals surface area contributed by atoms with Crippen LogP contribution < -0.4 is 4.74 Å². The van der Waals surface area contributed by atoms with E-state index in [0.29, 0.717) is 12.5 Å². The van der Waals surface area contributed by atoms with Crippen LogP contribution in [0, 0.1) is 82.3 Å². The summed E-state index contributed by atoms with van der Waals surface area (Å²) in [4.78, 5) is 0. The third-order valence-electron chi connectivity index (χ3n) is 12.3. The Bertz CT molecular complexity index is 951. The average Bonchev–Trinajstić information content (AvgIpc) is 3.53. The maximum Gasteiger partial charge on any atom is 0.119 e. The lowest BCUT2D eigenvalue weighted by molar-refractivity contribution is -0.0199. The van der Waals surface area contributed by atoms with Crippen LogP contribution in [-0.4, -0.2) is 18.3 Å². The number of aliphatic hydroxyl groups is 1. The van der Waals surface area contributed by atoms with Crippen molar-refractivity contribution in [2.45, 2.75) is 19.3 Å². The molecule has 8 aliphatic rings. The van der Waals surface area contributed by atoms with Crippen LogP contribution in [0.4, 0.5) is 0 Å². The number of ether oxygens (including phenoxy) is 1. The van der Waals surface area contributed by atoms with Crippen LogP contribution in [-0.2, 0) is 0 Å². The number of para-hydroxylation sites is 1. The summed E-state index contributed by atoms with van der Waals surface area (Å²) in [6, 6.07) is 10.4. The van der Waals surface area contributed by atoms with Gasteiger partial charge < -0.3 is 9.84 Å². The molecule has 1 N–H and O–H groups in total. The topological polar surface area (TPSA) is 29.5 Å². The number of aliphatic hydroxyl groups excluding tert-OH is 1. The quantitative estimate of drug-likeness (QED) is 0.784. The summed E-state index contributed by atoms with van der Waals surface area (Å²) in [5.41, 5.74) is 1.79. The summed E-state index contributed by atoms with van der Waals surface area (Å²) in [7, 11) is 0. The van der Waals surface area contributed by atoms with Crippen LogP contribution in [0.25, 0.3) is 0 Å². The van der Waals surface area contributed by atoms with Gasteiger partial charge in [-0.05, 0) is 108 Å². The van der Waals surface area contributed by atoms with E-state index in [1.165, 1.54) is 19.3 Å². The number of fused-ring (bicyclic) bond motifs is 4. The maximum atomic E-state index is 11.1. The van der Waals surface area contributed by atoms with E-state index in [1.807, 2.05) is 5.57 Å². The Morgan fingerprint density at radius 2 is 1.66 bits per heavy atom. The SMILES string of the molecule is OC[C@]1(COc2ccccc2)C2C3=CCC4C3C3C5C4C4CCC6C4C5C(C32)C61. The summed E-state index contributed by atoms with van der Waals surface area (Å²) in [5, 5.41) is 11.1. The summed E-state index contributed by atoms with van der Waals surface area (Å²) in [5.74, 6) is 13.1. The van der Waals surface area contributed by atoms with Gasteiger partial charge in [-0.25, -0.2) is 0 Å². The first kappa shape index (κ1) is 15.5. The number of rotatable bonds is 4. The molecule has 0 aromatic heterocycles. The third kappa shape index (κ3) is 1.36. The summed E-state index contributed by atoms with van der Waals surface area (Å²) in [6.07, 6.45) is 6.99. The fraction of sp³-hybridized carbons (Fsp3) is 0.704. The third-order valence-corrected chi connectivity index (χ3v) is 12.3. The fourth-order valence-corrected chi connectivity index (χ4v) is 12.6. The van der Waals surface area contributed by atoms with Crippen molar-refractivity contribution >= 4 is 0 Å². The Morgan fingerprint density at radius 3 is 2.52 bits per heavy atom. The fourth-order valence-electron chi connectivity index (χ4n) is 12.6. The summed E-state index contributed by atoms with van der Waals surface area (Å²) >= 11 is 0. The van der Waals surface area contributed by atoms with Crippen molar-refractivity contribution in [1.82, 2.24) is 0 Å². The molecule has 0 radical (unpaired) electrons. The second-order valence-corrected chi connectivity index (χ2v) is 12.1. The van der Waals surface area contributed by atoms with Crippen molar-refractivity contribution in [2.75, 3.05) is 13.2 Å². The van der Waals surface area contributed by atoms with Crippen molar-refractivity contribution in [3.8, 4) is 5.75 Å². The van der Waals surface area contributed by atoms with E-state index in [4.69, 9.17) is 4.74 Å². The second kappa shape index (κ2) is 4.64. The Morgan fingerprint density at radius 1 is 0.862 bits per heavy atom. The lowest BCUT2D eigenvalue weighted by Gasteiger charge is -2.42. The average molecular weight is 387 g/mol. The maximum absolute atomic E-state index is 11.1. The highest BCUT2D eigenvalue weighted by atomic mass is 16.5. The van der Waals surface area contributed by atoms with Gasteiger partial charge in [0.2, 0.25) is 0 Å². The van der Waals surface area contributed by atoms with E-state index in [9.17, 15) is 5.11 Å². The smallest absolute Gasteiger partial charge is 0.119 e. The van der Waals surface area contributed by atoms with Gasteiger partial charge in [-0.2, -0.15) is 0 Å². The highest BCUT2D eigenvalue weighted by Crippen LogP contribution is 2.90. The summed E-state index contributed by atoms with van der Waals surface area (Å²) in [6.45, 7) is 1.06. The molecule has 7 saturated carbocycles. The lowest BCUT2D eigenvalue weighted by Crippen LogP contribution is -2.45. The first-order valence-electron chi connectivity index (χ1n) is 12.3. The van der Waals surface area contributed by atoms with E-state index >= 15 is 0 Å². The van der Waals surface area contributed by atoms with E-state index in [0.717, 1.165) is 83.4 Å². The van der Waals surface area contributed by atoms with Crippen LogP contribution in [0.15, 0.2) is 42.0 Å². The van der Waals surface area contributed by atoms with Gasteiger partial charge in [0, 0.05) is 5.41 Å². The van der Waals surface area contributed by atoms with Crippen molar-refractivity contribution in [3.05, 3.63) is 42.0 Å². The Labute approximate surface area is 172 Å². The molecule has 1 aromatic rings. The van der Waals surface area contributed by atoms with Crippen molar-refractivity contribution in [3.63, 3.8) is 0 Å². The number of benzene rings is 1. The van der Waals surface area contributed by atoms with Gasteiger partial charge in [-0.1, -0.05) is 29.8 Å². The first-order valence-corrected chi connectivity index (χ1v) is 12.3. The zero-order chi connectivity index (χ0) is 18.6. The number of allylic oxidation sites excluding steroid dienone is 2. The molecular weight excluding hydrogens is 356 g/mol. The molecule has 0 amide bonds. The molecular formula is C27H30O2. The number of hydrogen-bond acceptors (Lipinski definition) is 2. The van der Waals surface area contributed by atoms with Gasteiger partial charge in [0.25, 0.3) is 0 Å². The zero-order valence-corrected chi connectivity index (χ0v) is 16.9. The molecule has 0 saturated heterocycles. The molecule has 8 aliphatic carbocycles. The molecule has 9 rings (SSSR count). The Hall–Kier alpha value is -1.28. The zero-order valence-electron chi connectivity index (χ0n) is 16.9. The van der Waals surface area contributed by atoms with Crippen LogP contribution in [0.2, 0.25) is 0 Å². The Kier molecular flexibility index (Phi) is 2.48. The molecule has 0 aliphatic heterocycles. The molecule has 0 heterocycles. The lowest BCUT2D eigenvalue weighted by atomic mass is 9.64. The largest absolute Gasteiger partial charge is 0.493 e. The predicted molar refractivity (Wildman–Crippen MR) is 109 cm³/mol. The monoisotopic (exact) mass is 386 g/mol. The van der Waals surface area contributed by atoms with E-state index in [-0.39, 0.29) is 5.41 Å². The van der Waals surface area contributed by atoms with Gasteiger partial charge in [0.15, 0.2) is 0 Å². The van der Waals surface area contributed by atoms with E-state index < -0.39 is 0 Å². The molecule has 150 valence electrons. The molecule has 2 heteroatoms. The number of hydrogen-bond donors (Lipinski definition) is 1. The second-order valence-electron chi connectivity index (χ2n) is 12.1. The van der Waals surface area contributed by atoms with Crippen molar-refractivity contribution in [1.29, 1.82) is 0 Å². The summed E-state index contributed by atoms with van der Waals surface area (Å²) < 4.78 is 6.50. The minimum Gasteiger partial charge on any atom is -0.493 e. The van der Waals surface area contributed by atoms with Gasteiger partial charge in [-0.3, -0.25) is 0 Å². The van der Waals surface area contributed by atoms with Crippen LogP contribution in [0.3, 0.4) is 0 Å². The molecule has 13 unspecified atom stereocenters. The highest BCUT2D eigenvalue weighted by molar-refractivity contribution is 5.43. The first-order chi connectivity index (χ1) is 14.3. The molecule has 7 fully saturated rings. The van der Waals surface area contributed by atoms with Gasteiger partial charge in [0.05, 0.1) is 13.2 Å². The standard InChI is InChI=1S/C27H30O2/c28-10-27(11-29-12-4-2-1-3-5-12)25-15-8-6-13-17-14-7-9-16-19(14)22-20(17)21(18(13)15)23(25)24(22)26(16)27/h1-5,8,13-14,16-26,28H,6-7,9-11H2/t13?,14?,16?,17?,18?,19?,20?,21?,22?,23?,24?,25?,26?,27-/m0/s1. The van der Waals surface area contributed by atoms with Crippen LogP contribution in [0.5, 0.6) is 5.75 Å². The van der Waals surface area contributed by atoms with E-state index in [2.05, 4.69) is 36.4 Å². The van der Waals surface area contributed by atoms with Crippen LogP contribution >= 0.6 is 0 Å². The Balaban J connectivity index is 1.24. The van der Waals surface area contributed by atoms with Crippen molar-refractivity contribution in [2.24, 2.45) is 82.3 Å². The highest BCUT2D eigenvalue weighted by Gasteiger charge is 2.86. The molecule has 2 nitrogen and oxygen atoms in total. The molecule has 0 spiro atoms. The molecule has 1 aromatic carbocycles. The molecule has 29 heavy (non-hydrogen) atoms. The molecule has 0 bridgehead atoms. The normalized spacial score (nSPS) is 62.5. The van der Waals surface area contributed by atoms with Crippen LogP contribution in [0.1, 0.15) is 19.3 Å². The van der Waals surface area contributed by atoms with Crippen molar-refractivity contribution < 1.29 is 9.84 Å². The van der Waals surface area contributed by atoms with E-state index in [1.54, 1.807) is 0 Å². The minimum atomic E-state index is -0.0272. The van der Waals surface area contributed by atoms with Gasteiger partial charge in [-0.15, -0.1) is 0 Å². The van der Waals surface area contributed by atoms with Gasteiger partial charge >= 0.3 is 0 Å². The minimum absolute atomic E-state index is 0.0272.